The van der Waals surface area contributed by atoms with Gasteiger partial charge in [0.2, 0.25) is 0 Å². The van der Waals surface area contributed by atoms with Gasteiger partial charge in [0.1, 0.15) is 0 Å². The average Bonchev–Trinajstić information content (AvgIpc) is 2.44. The highest BCUT2D eigenvalue weighted by Crippen LogP contribution is 2.28. The minimum Gasteiger partial charge on any atom is -0.432 e. The molecule has 1 N–H and O–H groups in total. The van der Waals surface area contributed by atoms with E-state index in [1.165, 1.54) is 57.8 Å². The molecule has 140 valence electrons. The first kappa shape index (κ1) is 23.2. The van der Waals surface area contributed by atoms with E-state index in [2.05, 4.69) is 41.5 Å². The molecule has 0 aliphatic rings. The van der Waals surface area contributed by atoms with Crippen molar-refractivity contribution in [3.63, 3.8) is 0 Å². The van der Waals surface area contributed by atoms with E-state index in [1.807, 2.05) is 0 Å². The maximum Gasteiger partial charge on any atom is 0.188 e. The monoisotopic (exact) mass is 342 g/mol. The van der Waals surface area contributed by atoms with Crippen LogP contribution in [0.1, 0.15) is 99.3 Å². The quantitative estimate of drug-likeness (QED) is 0.243. The minimum atomic E-state index is -1.97. The van der Waals surface area contributed by atoms with E-state index in [9.17, 15) is 4.80 Å². The van der Waals surface area contributed by atoms with E-state index < -0.39 is 8.32 Å². The van der Waals surface area contributed by atoms with Gasteiger partial charge in [-0.05, 0) is 35.9 Å². The lowest BCUT2D eigenvalue weighted by atomic mass is 10.1. The molecule has 2 heteroatoms. The Morgan fingerprint density at radius 3 is 1.00 bits per heavy atom. The second kappa shape index (κ2) is 13.5. The summed E-state index contributed by atoms with van der Waals surface area (Å²) in [5.41, 5.74) is 0. The van der Waals surface area contributed by atoms with Crippen LogP contribution in [-0.2, 0) is 0 Å². The summed E-state index contributed by atoms with van der Waals surface area (Å²) in [5.74, 6) is 2.42. The van der Waals surface area contributed by atoms with E-state index in [4.69, 9.17) is 0 Å². The standard InChI is InChI=1S/C21H46OSi/c1-19(2)13-7-10-16-23(22,17-11-8-14-20(3)4)18-12-9-15-21(5)6/h19-22H,7-18H2,1-6H3. The van der Waals surface area contributed by atoms with Crippen LogP contribution in [0.25, 0.3) is 0 Å². The number of hydrogen-bond donors (Lipinski definition) is 1. The second-order valence-corrected chi connectivity index (χ2v) is 13.1. The van der Waals surface area contributed by atoms with Gasteiger partial charge in [0.05, 0.1) is 0 Å². The van der Waals surface area contributed by atoms with Gasteiger partial charge < -0.3 is 4.80 Å². The van der Waals surface area contributed by atoms with Gasteiger partial charge in [-0.15, -0.1) is 0 Å². The number of unbranched alkanes of at least 4 members (excludes halogenated alkanes) is 3. The van der Waals surface area contributed by atoms with Crippen molar-refractivity contribution in [1.82, 2.24) is 0 Å². The van der Waals surface area contributed by atoms with Crippen LogP contribution in [0, 0.1) is 17.8 Å². The minimum absolute atomic E-state index is 0.807. The van der Waals surface area contributed by atoms with Crippen molar-refractivity contribution in [3.8, 4) is 0 Å². The van der Waals surface area contributed by atoms with Gasteiger partial charge >= 0.3 is 0 Å². The van der Waals surface area contributed by atoms with Crippen LogP contribution < -0.4 is 0 Å². The van der Waals surface area contributed by atoms with Crippen LogP contribution in [0.15, 0.2) is 0 Å². The zero-order valence-electron chi connectivity index (χ0n) is 17.2. The van der Waals surface area contributed by atoms with Gasteiger partial charge in [-0.25, -0.2) is 0 Å². The molecule has 0 atom stereocenters. The summed E-state index contributed by atoms with van der Waals surface area (Å²) in [4.78, 5) is 11.2. The van der Waals surface area contributed by atoms with Gasteiger partial charge in [0.25, 0.3) is 0 Å². The molecule has 0 aromatic carbocycles. The highest BCUT2D eigenvalue weighted by molar-refractivity contribution is 6.72. The third-order valence-corrected chi connectivity index (χ3v) is 8.87. The lowest BCUT2D eigenvalue weighted by Crippen LogP contribution is -2.34. The zero-order chi connectivity index (χ0) is 17.7. The van der Waals surface area contributed by atoms with Crippen LogP contribution in [0.2, 0.25) is 18.1 Å². The Morgan fingerprint density at radius 2 is 0.783 bits per heavy atom. The van der Waals surface area contributed by atoms with E-state index in [0.717, 1.165) is 35.9 Å². The molecule has 0 rings (SSSR count). The van der Waals surface area contributed by atoms with Gasteiger partial charge in [-0.3, -0.25) is 0 Å². The third-order valence-electron chi connectivity index (χ3n) is 5.02. The first-order valence-electron chi connectivity index (χ1n) is 10.5. The maximum atomic E-state index is 11.2. The lowest BCUT2D eigenvalue weighted by Gasteiger charge is -2.26. The molecule has 0 saturated heterocycles. The molecule has 0 bridgehead atoms. The molecule has 23 heavy (non-hydrogen) atoms. The first-order chi connectivity index (χ1) is 10.7. The summed E-state index contributed by atoms with van der Waals surface area (Å²) in [7, 11) is -1.97. The molecule has 0 aliphatic heterocycles. The summed E-state index contributed by atoms with van der Waals surface area (Å²) in [6.45, 7) is 13.8. The summed E-state index contributed by atoms with van der Waals surface area (Å²) >= 11 is 0. The topological polar surface area (TPSA) is 20.2 Å². The van der Waals surface area contributed by atoms with Gasteiger partial charge in [0.15, 0.2) is 8.32 Å². The SMILES string of the molecule is CC(C)CCCC[Si](O)(CCCCC(C)C)CCCCC(C)C. The largest absolute Gasteiger partial charge is 0.432 e. The highest BCUT2D eigenvalue weighted by atomic mass is 28.4. The lowest BCUT2D eigenvalue weighted by molar-refractivity contribution is 0.478. The second-order valence-electron chi connectivity index (χ2n) is 9.14. The van der Waals surface area contributed by atoms with Gasteiger partial charge in [-0.1, -0.05) is 99.3 Å². The first-order valence-corrected chi connectivity index (χ1v) is 13.0. The van der Waals surface area contributed by atoms with Crippen LogP contribution >= 0.6 is 0 Å². The molecule has 0 aromatic rings. The predicted octanol–water partition coefficient (Wildman–Crippen LogP) is 7.40. The summed E-state index contributed by atoms with van der Waals surface area (Å²) < 4.78 is 0. The van der Waals surface area contributed by atoms with Crippen molar-refractivity contribution < 1.29 is 4.80 Å². The van der Waals surface area contributed by atoms with Crippen molar-refractivity contribution in [2.75, 3.05) is 0 Å². The Balaban J connectivity index is 4.16. The Kier molecular flexibility index (Phi) is 13.6. The van der Waals surface area contributed by atoms with E-state index in [-0.39, 0.29) is 0 Å². The summed E-state index contributed by atoms with van der Waals surface area (Å²) in [5, 5.41) is 0. The Hall–Kier alpha value is 0.177. The van der Waals surface area contributed by atoms with Crippen molar-refractivity contribution in [1.29, 1.82) is 0 Å². The summed E-state index contributed by atoms with van der Waals surface area (Å²) in [6.07, 6.45) is 11.7. The Bertz CT molecular complexity index is 220. The van der Waals surface area contributed by atoms with Crippen LogP contribution in [0.3, 0.4) is 0 Å². The van der Waals surface area contributed by atoms with Crippen LogP contribution in [0.5, 0.6) is 0 Å². The maximum absolute atomic E-state index is 11.2. The van der Waals surface area contributed by atoms with Crippen molar-refractivity contribution in [2.45, 2.75) is 117 Å². The Labute approximate surface area is 148 Å². The zero-order valence-corrected chi connectivity index (χ0v) is 18.2. The molecule has 0 saturated carbocycles. The fourth-order valence-electron chi connectivity index (χ4n) is 3.39. The smallest absolute Gasteiger partial charge is 0.188 e. The molecule has 0 aromatic heterocycles. The molecule has 1 nitrogen and oxygen atoms in total. The van der Waals surface area contributed by atoms with Crippen LogP contribution in [0.4, 0.5) is 0 Å². The predicted molar refractivity (Wildman–Crippen MR) is 108 cm³/mol. The van der Waals surface area contributed by atoms with Crippen molar-refractivity contribution in [2.24, 2.45) is 17.8 Å². The number of rotatable bonds is 15. The molecular weight excluding hydrogens is 296 g/mol. The molecule has 0 fully saturated rings. The molecular formula is C21H46OSi. The molecule has 0 heterocycles. The van der Waals surface area contributed by atoms with Gasteiger partial charge in [-0.2, -0.15) is 0 Å². The van der Waals surface area contributed by atoms with Gasteiger partial charge in [0, 0.05) is 0 Å². The molecule has 0 spiro atoms. The van der Waals surface area contributed by atoms with E-state index in [1.54, 1.807) is 0 Å². The Morgan fingerprint density at radius 1 is 0.522 bits per heavy atom. The average molecular weight is 343 g/mol. The molecule has 0 radical (unpaired) electrons. The van der Waals surface area contributed by atoms with Crippen molar-refractivity contribution >= 4 is 8.32 Å². The third kappa shape index (κ3) is 15.4. The van der Waals surface area contributed by atoms with E-state index in [0.29, 0.717) is 0 Å². The highest BCUT2D eigenvalue weighted by Gasteiger charge is 2.29. The van der Waals surface area contributed by atoms with E-state index >= 15 is 0 Å². The number of hydrogen-bond acceptors (Lipinski definition) is 1. The normalized spacial score (nSPS) is 12.8. The molecule has 0 unspecified atom stereocenters. The molecule has 0 aliphatic carbocycles. The fraction of sp³-hybridized carbons (Fsp3) is 1.00. The van der Waals surface area contributed by atoms with Crippen LogP contribution in [-0.4, -0.2) is 13.1 Å². The molecule has 0 amide bonds. The fourth-order valence-corrected chi connectivity index (χ4v) is 6.87. The summed E-state index contributed by atoms with van der Waals surface area (Å²) in [6, 6.07) is 3.47. The van der Waals surface area contributed by atoms with Crippen molar-refractivity contribution in [3.05, 3.63) is 0 Å².